The molecule has 0 radical (unpaired) electrons. The summed E-state index contributed by atoms with van der Waals surface area (Å²) < 4.78 is 66.0. The molecule has 0 aliphatic rings. The van der Waals surface area contributed by atoms with E-state index >= 15 is 0 Å². The van der Waals surface area contributed by atoms with Crippen molar-refractivity contribution in [2.45, 2.75) is 26.3 Å². The molecule has 0 bridgehead atoms. The van der Waals surface area contributed by atoms with Crippen molar-refractivity contribution in [3.8, 4) is 5.75 Å². The van der Waals surface area contributed by atoms with E-state index in [1.54, 1.807) is 19.1 Å². The zero-order valence-corrected chi connectivity index (χ0v) is 17.2. The van der Waals surface area contributed by atoms with Crippen LogP contribution in [-0.4, -0.2) is 33.0 Å². The molecule has 29 heavy (non-hydrogen) atoms. The number of nitrogens with zero attached hydrogens (tertiary/aromatic N) is 1. The van der Waals surface area contributed by atoms with Gasteiger partial charge in [0.1, 0.15) is 11.8 Å². The Morgan fingerprint density at radius 1 is 1.17 bits per heavy atom. The van der Waals surface area contributed by atoms with Gasteiger partial charge in [0.2, 0.25) is 15.9 Å². The fourth-order valence-corrected chi connectivity index (χ4v) is 3.98. The van der Waals surface area contributed by atoms with Crippen LogP contribution in [0.3, 0.4) is 0 Å². The number of aryl methyl sites for hydroxylation is 1. The lowest BCUT2D eigenvalue weighted by atomic mass is 10.1. The molecule has 6 nitrogen and oxygen atoms in total. The van der Waals surface area contributed by atoms with Crippen LogP contribution in [0.4, 0.5) is 24.5 Å². The summed E-state index contributed by atoms with van der Waals surface area (Å²) in [7, 11) is -3.85. The number of sulfonamides is 1. The predicted molar refractivity (Wildman–Crippen MR) is 105 cm³/mol. The van der Waals surface area contributed by atoms with E-state index in [0.717, 1.165) is 22.7 Å². The van der Waals surface area contributed by atoms with Gasteiger partial charge < -0.3 is 10.1 Å². The number of hydrogen-bond donors (Lipinski definition) is 1. The van der Waals surface area contributed by atoms with E-state index in [4.69, 9.17) is 11.6 Å². The number of nitrogens with one attached hydrogen (secondary N) is 1. The quantitative estimate of drug-likeness (QED) is 0.710. The minimum atomic E-state index is -4.83. The van der Waals surface area contributed by atoms with Crippen LogP contribution in [0.5, 0.6) is 5.75 Å². The molecule has 0 aromatic heterocycles. The van der Waals surface area contributed by atoms with Crippen LogP contribution in [0.25, 0.3) is 0 Å². The second-order valence-corrected chi connectivity index (χ2v) is 8.52. The maximum Gasteiger partial charge on any atom is 0.573 e. The molecule has 1 N–H and O–H groups in total. The number of alkyl halides is 3. The summed E-state index contributed by atoms with van der Waals surface area (Å²) in [6, 6.07) is 7.98. The summed E-state index contributed by atoms with van der Waals surface area (Å²) in [5.41, 5.74) is 1.01. The number of rotatable bonds is 6. The highest BCUT2D eigenvalue weighted by atomic mass is 35.5. The molecule has 0 saturated carbocycles. The van der Waals surface area contributed by atoms with Crippen LogP contribution < -0.4 is 14.4 Å². The molecule has 2 aromatic carbocycles. The minimum absolute atomic E-state index is 0.174. The summed E-state index contributed by atoms with van der Waals surface area (Å²) in [6.45, 7) is 3.06. The Morgan fingerprint density at radius 2 is 1.76 bits per heavy atom. The molecule has 2 aromatic rings. The van der Waals surface area contributed by atoms with Crippen LogP contribution in [-0.2, 0) is 14.8 Å². The van der Waals surface area contributed by atoms with E-state index in [-0.39, 0.29) is 11.4 Å². The van der Waals surface area contributed by atoms with Crippen molar-refractivity contribution in [2.75, 3.05) is 15.9 Å². The molecule has 0 spiro atoms. The lowest BCUT2D eigenvalue weighted by molar-refractivity contribution is -0.274. The van der Waals surface area contributed by atoms with Crippen molar-refractivity contribution in [1.82, 2.24) is 0 Å². The first-order valence-electron chi connectivity index (χ1n) is 8.20. The highest BCUT2D eigenvalue weighted by Crippen LogP contribution is 2.29. The molecule has 1 unspecified atom stereocenters. The molecule has 0 aliphatic heterocycles. The molecule has 1 amide bonds. The highest BCUT2D eigenvalue weighted by Gasteiger charge is 2.32. The third kappa shape index (κ3) is 6.26. The van der Waals surface area contributed by atoms with Crippen molar-refractivity contribution in [2.24, 2.45) is 0 Å². The van der Waals surface area contributed by atoms with Gasteiger partial charge in [-0.15, -0.1) is 13.2 Å². The average Bonchev–Trinajstić information content (AvgIpc) is 2.57. The number of carbonyl (C=O) groups excluding carboxylic acids is 1. The van der Waals surface area contributed by atoms with E-state index in [0.29, 0.717) is 10.6 Å². The van der Waals surface area contributed by atoms with Crippen LogP contribution in [0.2, 0.25) is 5.02 Å². The van der Waals surface area contributed by atoms with Crippen molar-refractivity contribution >= 4 is 38.9 Å². The topological polar surface area (TPSA) is 75.7 Å². The Labute approximate surface area is 171 Å². The van der Waals surface area contributed by atoms with E-state index in [1.165, 1.54) is 25.1 Å². The van der Waals surface area contributed by atoms with E-state index in [2.05, 4.69) is 10.1 Å². The van der Waals surface area contributed by atoms with Crippen molar-refractivity contribution in [1.29, 1.82) is 0 Å². The SMILES string of the molecule is Cc1ccc(Cl)cc1N(C(C)C(=O)Nc1ccc(OC(F)(F)F)cc1)S(C)(=O)=O. The van der Waals surface area contributed by atoms with Crippen LogP contribution in [0.1, 0.15) is 12.5 Å². The molecule has 0 saturated heterocycles. The Bertz CT molecular complexity index is 995. The molecule has 0 aliphatic carbocycles. The largest absolute Gasteiger partial charge is 0.573 e. The van der Waals surface area contributed by atoms with Crippen molar-refractivity contribution in [3.05, 3.63) is 53.1 Å². The Hall–Kier alpha value is -2.46. The van der Waals surface area contributed by atoms with Gasteiger partial charge in [-0.1, -0.05) is 17.7 Å². The standard InChI is InChI=1S/C18H18ClF3N2O4S/c1-11-4-5-13(19)10-16(11)24(29(3,26)27)12(2)17(25)23-14-6-8-15(9-7-14)28-18(20,21)22/h4-10,12H,1-3H3,(H,23,25). The van der Waals surface area contributed by atoms with Gasteiger partial charge in [0.15, 0.2) is 0 Å². The predicted octanol–water partition coefficient (Wildman–Crippen LogP) is 4.34. The van der Waals surface area contributed by atoms with Crippen LogP contribution in [0.15, 0.2) is 42.5 Å². The zero-order valence-electron chi connectivity index (χ0n) is 15.6. The normalized spacial score (nSPS) is 12.9. The van der Waals surface area contributed by atoms with E-state index < -0.39 is 34.1 Å². The number of benzene rings is 2. The van der Waals surface area contributed by atoms with Crippen LogP contribution in [0, 0.1) is 6.92 Å². The number of hydrogen-bond acceptors (Lipinski definition) is 4. The Balaban J connectivity index is 2.25. The fourth-order valence-electron chi connectivity index (χ4n) is 2.59. The molecule has 0 fully saturated rings. The first-order valence-corrected chi connectivity index (χ1v) is 10.4. The molecular weight excluding hydrogens is 433 g/mol. The van der Waals surface area contributed by atoms with Gasteiger partial charge in [-0.05, 0) is 55.8 Å². The molecule has 1 atom stereocenters. The van der Waals surface area contributed by atoms with Gasteiger partial charge >= 0.3 is 6.36 Å². The van der Waals surface area contributed by atoms with Crippen molar-refractivity contribution in [3.63, 3.8) is 0 Å². The third-order valence-electron chi connectivity index (χ3n) is 3.85. The summed E-state index contributed by atoms with van der Waals surface area (Å²) in [6.07, 6.45) is -3.87. The third-order valence-corrected chi connectivity index (χ3v) is 5.32. The fraction of sp³-hybridized carbons (Fsp3) is 0.278. The molecule has 158 valence electrons. The first kappa shape index (κ1) is 22.8. The number of ether oxygens (including phenoxy) is 1. The summed E-state index contributed by atoms with van der Waals surface area (Å²) in [4.78, 5) is 12.6. The molecule has 11 heteroatoms. The van der Waals surface area contributed by atoms with Gasteiger partial charge in [-0.2, -0.15) is 0 Å². The Kier molecular flexibility index (Phi) is 6.69. The van der Waals surface area contributed by atoms with Crippen molar-refractivity contribution < 1.29 is 31.1 Å². The second kappa shape index (κ2) is 8.50. The number of halogens is 4. The minimum Gasteiger partial charge on any atom is -0.406 e. The molecule has 0 heterocycles. The monoisotopic (exact) mass is 450 g/mol. The maximum atomic E-state index is 12.6. The lowest BCUT2D eigenvalue weighted by Gasteiger charge is -2.29. The first-order chi connectivity index (χ1) is 13.3. The summed E-state index contributed by atoms with van der Waals surface area (Å²) >= 11 is 5.97. The van der Waals surface area contributed by atoms with E-state index in [1.807, 2.05) is 0 Å². The second-order valence-electron chi connectivity index (χ2n) is 6.23. The van der Waals surface area contributed by atoms with E-state index in [9.17, 15) is 26.4 Å². The maximum absolute atomic E-state index is 12.6. The average molecular weight is 451 g/mol. The number of carbonyl (C=O) groups is 1. The lowest BCUT2D eigenvalue weighted by Crippen LogP contribution is -2.45. The summed E-state index contributed by atoms with van der Waals surface area (Å²) in [5.74, 6) is -1.13. The van der Waals surface area contributed by atoms with Crippen LogP contribution >= 0.6 is 11.6 Å². The molecule has 2 rings (SSSR count). The smallest absolute Gasteiger partial charge is 0.406 e. The number of amides is 1. The van der Waals surface area contributed by atoms with Gasteiger partial charge in [-0.3, -0.25) is 9.10 Å². The number of anilines is 2. The van der Waals surface area contributed by atoms with Gasteiger partial charge in [0.05, 0.1) is 11.9 Å². The van der Waals surface area contributed by atoms with Gasteiger partial charge in [0, 0.05) is 10.7 Å². The van der Waals surface area contributed by atoms with Gasteiger partial charge in [-0.25, -0.2) is 8.42 Å². The Morgan fingerprint density at radius 3 is 2.28 bits per heavy atom. The molecular formula is C18H18ClF3N2O4S. The summed E-state index contributed by atoms with van der Waals surface area (Å²) in [5, 5.41) is 2.77. The van der Waals surface area contributed by atoms with Gasteiger partial charge in [0.25, 0.3) is 0 Å². The zero-order chi connectivity index (χ0) is 22.0. The highest BCUT2D eigenvalue weighted by molar-refractivity contribution is 7.92.